The highest BCUT2D eigenvalue weighted by Gasteiger charge is 2.34. The first-order valence-corrected chi connectivity index (χ1v) is 10.1. The average molecular weight is 386 g/mol. The molecule has 2 unspecified atom stereocenters. The molecule has 0 aromatic heterocycles. The predicted octanol–water partition coefficient (Wildman–Crippen LogP) is 5.98. The van der Waals surface area contributed by atoms with Crippen LogP contribution in [0.2, 0.25) is 0 Å². The van der Waals surface area contributed by atoms with Crippen molar-refractivity contribution in [3.8, 4) is 5.75 Å². The number of hydrogen-bond acceptors (Lipinski definition) is 3. The summed E-state index contributed by atoms with van der Waals surface area (Å²) in [6.45, 7) is 4.41. The van der Waals surface area contributed by atoms with E-state index in [1.807, 2.05) is 65.6 Å². The zero-order valence-corrected chi connectivity index (χ0v) is 17.1. The number of benzene rings is 3. The van der Waals surface area contributed by atoms with Crippen molar-refractivity contribution >= 4 is 17.3 Å². The quantitative estimate of drug-likeness (QED) is 0.586. The lowest BCUT2D eigenvalue weighted by molar-refractivity contribution is 0.0975. The minimum absolute atomic E-state index is 0.00328. The molecule has 2 atom stereocenters. The predicted molar refractivity (Wildman–Crippen MR) is 118 cm³/mol. The molecule has 0 spiro atoms. The molecule has 1 N–H and O–H groups in total. The van der Waals surface area contributed by atoms with Gasteiger partial charge in [-0.05, 0) is 59.9 Å². The van der Waals surface area contributed by atoms with Gasteiger partial charge in [-0.15, -0.1) is 0 Å². The number of para-hydroxylation sites is 1. The van der Waals surface area contributed by atoms with Crippen LogP contribution in [0.5, 0.6) is 5.75 Å². The molecule has 1 amide bonds. The number of hydrogen-bond donors (Lipinski definition) is 1. The van der Waals surface area contributed by atoms with Crippen LogP contribution in [-0.2, 0) is 0 Å². The van der Waals surface area contributed by atoms with Gasteiger partial charge >= 0.3 is 0 Å². The van der Waals surface area contributed by atoms with Crippen LogP contribution in [0.3, 0.4) is 0 Å². The Bertz CT molecular complexity index is 996. The van der Waals surface area contributed by atoms with Gasteiger partial charge in [0.15, 0.2) is 0 Å². The number of amides is 1. The highest BCUT2D eigenvalue weighted by atomic mass is 16.5. The largest absolute Gasteiger partial charge is 0.497 e. The molecule has 0 bridgehead atoms. The van der Waals surface area contributed by atoms with Crippen LogP contribution >= 0.6 is 0 Å². The van der Waals surface area contributed by atoms with Crippen molar-refractivity contribution in [1.29, 1.82) is 0 Å². The van der Waals surface area contributed by atoms with Crippen molar-refractivity contribution in [2.24, 2.45) is 0 Å². The topological polar surface area (TPSA) is 41.6 Å². The normalized spacial score (nSPS) is 16.7. The molecule has 4 rings (SSSR count). The fraction of sp³-hybridized carbons (Fsp3) is 0.240. The third-order valence-corrected chi connectivity index (χ3v) is 5.71. The minimum atomic E-state index is -0.294. The lowest BCUT2D eigenvalue weighted by Gasteiger charge is -2.38. The molecule has 1 heterocycles. The maximum atomic E-state index is 13.5. The number of carbonyl (C=O) groups is 1. The van der Waals surface area contributed by atoms with Crippen LogP contribution in [0.15, 0.2) is 72.8 Å². The fourth-order valence-electron chi connectivity index (χ4n) is 3.74. The Labute approximate surface area is 172 Å². The number of methoxy groups -OCH3 is 1. The Kier molecular flexibility index (Phi) is 5.26. The van der Waals surface area contributed by atoms with Crippen molar-refractivity contribution in [1.82, 2.24) is 0 Å². The van der Waals surface area contributed by atoms with Gasteiger partial charge in [0.1, 0.15) is 11.9 Å². The molecular formula is C25H26N2O2. The highest BCUT2D eigenvalue weighted by Crippen LogP contribution is 2.37. The molecule has 4 heteroatoms. The molecule has 0 radical (unpaired) electrons. The van der Waals surface area contributed by atoms with Gasteiger partial charge in [0.05, 0.1) is 12.7 Å². The third kappa shape index (κ3) is 3.58. The van der Waals surface area contributed by atoms with E-state index in [-0.39, 0.29) is 12.1 Å². The average Bonchev–Trinajstić information content (AvgIpc) is 2.79. The van der Waals surface area contributed by atoms with E-state index in [1.165, 1.54) is 5.56 Å². The Morgan fingerprint density at radius 1 is 1.00 bits per heavy atom. The second-order valence-corrected chi connectivity index (χ2v) is 7.44. The van der Waals surface area contributed by atoms with Crippen LogP contribution in [0.1, 0.15) is 53.8 Å². The molecule has 0 saturated heterocycles. The van der Waals surface area contributed by atoms with Crippen molar-refractivity contribution in [2.45, 2.75) is 32.4 Å². The maximum absolute atomic E-state index is 13.5. The Morgan fingerprint density at radius 2 is 1.69 bits per heavy atom. The number of rotatable bonds is 5. The van der Waals surface area contributed by atoms with E-state index in [9.17, 15) is 4.79 Å². The number of carbonyl (C=O) groups excluding carboxylic acids is 1. The van der Waals surface area contributed by atoms with E-state index in [0.717, 1.165) is 29.1 Å². The summed E-state index contributed by atoms with van der Waals surface area (Å²) in [6.07, 6.45) is 0.795. The summed E-state index contributed by atoms with van der Waals surface area (Å²) in [5, 5.41) is 3.54. The summed E-state index contributed by atoms with van der Waals surface area (Å²) < 4.78 is 5.29. The van der Waals surface area contributed by atoms with Crippen LogP contribution < -0.4 is 15.0 Å². The van der Waals surface area contributed by atoms with Crippen molar-refractivity contribution in [2.75, 3.05) is 17.3 Å². The lowest BCUT2D eigenvalue weighted by atomic mass is 9.97. The van der Waals surface area contributed by atoms with Crippen LogP contribution in [0.4, 0.5) is 11.4 Å². The van der Waals surface area contributed by atoms with Gasteiger partial charge in [0.25, 0.3) is 5.91 Å². The fourth-order valence-corrected chi connectivity index (χ4v) is 3.74. The third-order valence-electron chi connectivity index (χ3n) is 5.71. The van der Waals surface area contributed by atoms with Gasteiger partial charge in [0, 0.05) is 11.4 Å². The summed E-state index contributed by atoms with van der Waals surface area (Å²) in [5.41, 5.74) is 4.70. The molecule has 1 aliphatic heterocycles. The summed E-state index contributed by atoms with van der Waals surface area (Å²) in [5.74, 6) is 1.29. The van der Waals surface area contributed by atoms with E-state index in [2.05, 4.69) is 31.3 Å². The molecule has 1 aliphatic rings. The van der Waals surface area contributed by atoms with Crippen LogP contribution in [0.25, 0.3) is 0 Å². The number of nitrogens with zero attached hydrogens (tertiary/aromatic N) is 1. The smallest absolute Gasteiger partial charge is 0.262 e. The number of anilines is 2. The van der Waals surface area contributed by atoms with Crippen molar-refractivity contribution < 1.29 is 9.53 Å². The lowest BCUT2D eigenvalue weighted by Crippen LogP contribution is -2.43. The van der Waals surface area contributed by atoms with E-state index in [1.54, 1.807) is 7.11 Å². The maximum Gasteiger partial charge on any atom is 0.262 e. The summed E-state index contributed by atoms with van der Waals surface area (Å²) in [6, 6.07) is 23.9. The van der Waals surface area contributed by atoms with E-state index in [4.69, 9.17) is 4.74 Å². The molecule has 148 valence electrons. The van der Waals surface area contributed by atoms with Gasteiger partial charge in [-0.2, -0.15) is 0 Å². The van der Waals surface area contributed by atoms with Gasteiger partial charge in [-0.1, -0.05) is 50.2 Å². The van der Waals surface area contributed by atoms with Gasteiger partial charge in [0.2, 0.25) is 0 Å². The second kappa shape index (κ2) is 8.00. The summed E-state index contributed by atoms with van der Waals surface area (Å²) in [4.78, 5) is 15.3. The number of ether oxygens (including phenoxy) is 1. The summed E-state index contributed by atoms with van der Waals surface area (Å²) in [7, 11) is 1.65. The molecule has 3 aromatic carbocycles. The van der Waals surface area contributed by atoms with Crippen molar-refractivity contribution in [3.63, 3.8) is 0 Å². The molecule has 0 fully saturated rings. The first-order chi connectivity index (χ1) is 14.1. The number of fused-ring (bicyclic) bond motifs is 1. The monoisotopic (exact) mass is 386 g/mol. The van der Waals surface area contributed by atoms with Crippen molar-refractivity contribution in [3.05, 3.63) is 89.5 Å². The van der Waals surface area contributed by atoms with E-state index >= 15 is 0 Å². The number of nitrogens with one attached hydrogen (secondary N) is 1. The van der Waals surface area contributed by atoms with Gasteiger partial charge in [-0.3, -0.25) is 9.69 Å². The van der Waals surface area contributed by atoms with Gasteiger partial charge < -0.3 is 10.1 Å². The first-order valence-electron chi connectivity index (χ1n) is 10.1. The molecule has 0 saturated carbocycles. The first kappa shape index (κ1) is 19.1. The van der Waals surface area contributed by atoms with Crippen LogP contribution in [0, 0.1) is 0 Å². The molecular weight excluding hydrogens is 360 g/mol. The molecule has 4 nitrogen and oxygen atoms in total. The minimum Gasteiger partial charge on any atom is -0.497 e. The standard InChI is InChI=1S/C25H26N2O2/c1-4-17(2)18-9-13-20(14-10-18)27-24(19-11-15-21(29-3)16-12-19)26-23-8-6-5-7-22(23)25(27)28/h5-17,24,26H,4H2,1-3H3. The zero-order valence-electron chi connectivity index (χ0n) is 17.1. The van der Waals surface area contributed by atoms with Gasteiger partial charge in [-0.25, -0.2) is 0 Å². The SMILES string of the molecule is CCC(C)c1ccc(N2C(=O)c3ccccc3NC2c2ccc(OC)cc2)cc1. The molecule has 3 aromatic rings. The zero-order chi connectivity index (χ0) is 20.4. The molecule has 29 heavy (non-hydrogen) atoms. The summed E-state index contributed by atoms with van der Waals surface area (Å²) >= 11 is 0. The highest BCUT2D eigenvalue weighted by molar-refractivity contribution is 6.12. The van der Waals surface area contributed by atoms with E-state index < -0.39 is 0 Å². The second-order valence-electron chi connectivity index (χ2n) is 7.44. The Morgan fingerprint density at radius 3 is 2.34 bits per heavy atom. The van der Waals surface area contributed by atoms with Crippen LogP contribution in [-0.4, -0.2) is 13.0 Å². The Hall–Kier alpha value is -3.27. The Balaban J connectivity index is 1.77. The van der Waals surface area contributed by atoms with E-state index in [0.29, 0.717) is 11.5 Å². The molecule has 0 aliphatic carbocycles.